The van der Waals surface area contributed by atoms with Crippen molar-refractivity contribution >= 4 is 23.6 Å². The van der Waals surface area contributed by atoms with Crippen molar-refractivity contribution < 1.29 is 18.7 Å². The van der Waals surface area contributed by atoms with Gasteiger partial charge in [-0.15, -0.1) is 11.8 Å². The monoisotopic (exact) mass is 508 g/mol. The number of alkyl carbamates (subject to hydrolysis) is 1. The Morgan fingerprint density at radius 1 is 0.944 bits per heavy atom. The van der Waals surface area contributed by atoms with Gasteiger partial charge in [-0.1, -0.05) is 74.5 Å². The summed E-state index contributed by atoms with van der Waals surface area (Å²) in [6.07, 6.45) is 2.55. The normalized spacial score (nSPS) is 12.8. The first-order valence-electron chi connectivity index (χ1n) is 12.4. The van der Waals surface area contributed by atoms with E-state index in [0.29, 0.717) is 30.4 Å². The molecule has 2 N–H and O–H groups in total. The van der Waals surface area contributed by atoms with Gasteiger partial charge in [-0.2, -0.15) is 0 Å². The molecule has 0 aliphatic heterocycles. The van der Waals surface area contributed by atoms with Crippen molar-refractivity contribution in [3.63, 3.8) is 0 Å². The van der Waals surface area contributed by atoms with Gasteiger partial charge in [0.1, 0.15) is 12.4 Å². The first-order valence-corrected chi connectivity index (χ1v) is 13.5. The lowest BCUT2D eigenvalue weighted by atomic mass is 10.0. The highest BCUT2D eigenvalue weighted by atomic mass is 32.2. The van der Waals surface area contributed by atoms with Gasteiger partial charge >= 0.3 is 6.09 Å². The zero-order chi connectivity index (χ0) is 25.6. The Bertz CT molecular complexity index is 1030. The van der Waals surface area contributed by atoms with E-state index in [1.165, 1.54) is 0 Å². The molecule has 7 heteroatoms. The number of carbonyl (C=O) groups is 2. The largest absolute Gasteiger partial charge is 0.468 e. The molecule has 6 nitrogen and oxygen atoms in total. The minimum absolute atomic E-state index is 0.130. The lowest BCUT2D eigenvalue weighted by Gasteiger charge is -2.24. The molecule has 0 spiro atoms. The third-order valence-corrected chi connectivity index (χ3v) is 6.62. The van der Waals surface area contributed by atoms with Crippen molar-refractivity contribution in [1.82, 2.24) is 10.6 Å². The zero-order valence-corrected chi connectivity index (χ0v) is 21.8. The summed E-state index contributed by atoms with van der Waals surface area (Å²) in [5.41, 5.74) is 2.03. The van der Waals surface area contributed by atoms with Crippen LogP contribution in [0.3, 0.4) is 0 Å². The molecule has 3 rings (SSSR count). The van der Waals surface area contributed by atoms with Crippen LogP contribution in [0.2, 0.25) is 0 Å². The summed E-state index contributed by atoms with van der Waals surface area (Å²) in [6, 6.07) is 22.8. The van der Waals surface area contributed by atoms with E-state index in [1.807, 2.05) is 72.8 Å². The molecule has 0 bridgehead atoms. The van der Waals surface area contributed by atoms with Gasteiger partial charge in [0.25, 0.3) is 0 Å². The average Bonchev–Trinajstić information content (AvgIpc) is 3.39. The van der Waals surface area contributed by atoms with Crippen molar-refractivity contribution in [2.75, 3.05) is 12.3 Å². The van der Waals surface area contributed by atoms with Crippen LogP contribution in [0.25, 0.3) is 0 Å². The maximum Gasteiger partial charge on any atom is 0.407 e. The fourth-order valence-corrected chi connectivity index (χ4v) is 4.75. The molecular weight excluding hydrogens is 472 g/mol. The summed E-state index contributed by atoms with van der Waals surface area (Å²) in [6.45, 7) is 4.92. The third kappa shape index (κ3) is 10.3. The number of hydrogen-bond donors (Lipinski definition) is 2. The third-order valence-electron chi connectivity index (χ3n) is 5.64. The Labute approximate surface area is 218 Å². The van der Waals surface area contributed by atoms with Crippen LogP contribution in [0.15, 0.2) is 83.5 Å². The second-order valence-corrected chi connectivity index (χ2v) is 10.2. The van der Waals surface area contributed by atoms with Crippen LogP contribution < -0.4 is 10.6 Å². The Kier molecular flexibility index (Phi) is 11.6. The highest BCUT2D eigenvalue weighted by Crippen LogP contribution is 2.15. The van der Waals surface area contributed by atoms with Gasteiger partial charge in [-0.25, -0.2) is 4.79 Å². The van der Waals surface area contributed by atoms with E-state index in [0.717, 1.165) is 23.3 Å². The molecule has 1 heterocycles. The van der Waals surface area contributed by atoms with Gasteiger partial charge in [-0.05, 0) is 42.0 Å². The molecule has 0 saturated heterocycles. The number of amides is 1. The summed E-state index contributed by atoms with van der Waals surface area (Å²) in [4.78, 5) is 25.7. The predicted octanol–water partition coefficient (Wildman–Crippen LogP) is 5.62. The maximum absolute atomic E-state index is 13.2. The minimum atomic E-state index is -0.453. The lowest BCUT2D eigenvalue weighted by molar-refractivity contribution is -0.118. The van der Waals surface area contributed by atoms with Gasteiger partial charge in [0.2, 0.25) is 0 Å². The maximum atomic E-state index is 13.2. The number of thioether (sulfide) groups is 1. The standard InChI is InChI=1S/C29H36N2O4S/c1-22(2)16-25(31-29(33)35-19-24-12-7-4-8-13-24)18-30-27(17-23-10-5-3-6-11-23)28(32)21-36-20-26-14-9-15-34-26/h3-15,22,25,27,30H,16-21H2,1-2H3,(H,31,33). The summed E-state index contributed by atoms with van der Waals surface area (Å²) < 4.78 is 10.8. The number of furan rings is 1. The summed E-state index contributed by atoms with van der Waals surface area (Å²) in [5.74, 6) is 2.40. The molecule has 2 aromatic carbocycles. The van der Waals surface area contributed by atoms with Crippen LogP contribution in [-0.2, 0) is 28.3 Å². The van der Waals surface area contributed by atoms with Crippen LogP contribution in [0.5, 0.6) is 0 Å². The number of rotatable bonds is 15. The number of carbonyl (C=O) groups excluding carboxylic acids is 2. The van der Waals surface area contributed by atoms with Crippen molar-refractivity contribution in [2.24, 2.45) is 5.92 Å². The first kappa shape index (κ1) is 27.6. The molecule has 0 radical (unpaired) electrons. The van der Waals surface area contributed by atoms with Crippen molar-refractivity contribution in [2.45, 2.75) is 51.1 Å². The Hall–Kier alpha value is -3.03. The van der Waals surface area contributed by atoms with Crippen LogP contribution in [0.4, 0.5) is 4.79 Å². The molecule has 2 atom stereocenters. The van der Waals surface area contributed by atoms with Crippen molar-refractivity contribution in [3.8, 4) is 0 Å². The molecular formula is C29H36N2O4S. The number of ether oxygens (including phenoxy) is 1. The molecule has 0 aliphatic rings. The summed E-state index contributed by atoms with van der Waals surface area (Å²) in [7, 11) is 0. The molecule has 1 amide bonds. The number of hydrogen-bond acceptors (Lipinski definition) is 6. The molecule has 0 aliphatic carbocycles. The molecule has 0 fully saturated rings. The quantitative estimate of drug-likeness (QED) is 0.277. The van der Waals surface area contributed by atoms with Gasteiger partial charge in [0.05, 0.1) is 23.8 Å². The van der Waals surface area contributed by atoms with E-state index in [1.54, 1.807) is 18.0 Å². The van der Waals surface area contributed by atoms with Crippen LogP contribution >= 0.6 is 11.8 Å². The minimum Gasteiger partial charge on any atom is -0.468 e. The van der Waals surface area contributed by atoms with Gasteiger partial charge in [-0.3, -0.25) is 4.79 Å². The number of benzene rings is 2. The van der Waals surface area contributed by atoms with Crippen LogP contribution in [0, 0.1) is 5.92 Å². The van der Waals surface area contributed by atoms with Crippen LogP contribution in [0.1, 0.15) is 37.2 Å². The van der Waals surface area contributed by atoms with Gasteiger partial charge < -0.3 is 19.8 Å². The molecule has 192 valence electrons. The van der Waals surface area contributed by atoms with Crippen LogP contribution in [-0.4, -0.2) is 36.3 Å². The zero-order valence-electron chi connectivity index (χ0n) is 21.0. The van der Waals surface area contributed by atoms with E-state index in [2.05, 4.69) is 24.5 Å². The van der Waals surface area contributed by atoms with E-state index >= 15 is 0 Å². The van der Waals surface area contributed by atoms with Gasteiger partial charge in [0.15, 0.2) is 5.78 Å². The predicted molar refractivity (Wildman–Crippen MR) is 145 cm³/mol. The van der Waals surface area contributed by atoms with E-state index in [4.69, 9.17) is 9.15 Å². The second kappa shape index (κ2) is 15.2. The number of nitrogens with one attached hydrogen (secondary N) is 2. The molecule has 2 unspecified atom stereocenters. The fourth-order valence-electron chi connectivity index (χ4n) is 3.88. The molecule has 36 heavy (non-hydrogen) atoms. The first-order chi connectivity index (χ1) is 17.5. The van der Waals surface area contributed by atoms with Gasteiger partial charge in [0, 0.05) is 12.6 Å². The Morgan fingerprint density at radius 2 is 1.64 bits per heavy atom. The van der Waals surface area contributed by atoms with E-state index in [-0.39, 0.29) is 24.5 Å². The average molecular weight is 509 g/mol. The smallest absolute Gasteiger partial charge is 0.407 e. The Morgan fingerprint density at radius 3 is 2.28 bits per heavy atom. The second-order valence-electron chi connectivity index (χ2n) is 9.22. The molecule has 1 aromatic heterocycles. The topological polar surface area (TPSA) is 80.6 Å². The Balaban J connectivity index is 1.56. The fraction of sp³-hybridized carbons (Fsp3) is 0.379. The number of Topliss-reactive ketones (excluding diaryl/α,β-unsaturated/α-hetero) is 1. The number of ketones is 1. The van der Waals surface area contributed by atoms with Crippen molar-refractivity contribution in [3.05, 3.63) is 95.9 Å². The SMILES string of the molecule is CC(C)CC(CNC(Cc1ccccc1)C(=O)CSCc1ccco1)NC(=O)OCc1ccccc1. The molecule has 3 aromatic rings. The van der Waals surface area contributed by atoms with Crippen molar-refractivity contribution in [1.29, 1.82) is 0 Å². The van der Waals surface area contributed by atoms with E-state index in [9.17, 15) is 9.59 Å². The van der Waals surface area contributed by atoms with E-state index < -0.39 is 6.09 Å². The molecule has 0 saturated carbocycles. The lowest BCUT2D eigenvalue weighted by Crippen LogP contribution is -2.48. The highest BCUT2D eigenvalue weighted by molar-refractivity contribution is 7.99. The summed E-state index contributed by atoms with van der Waals surface area (Å²) in [5, 5.41) is 6.43. The highest BCUT2D eigenvalue weighted by Gasteiger charge is 2.22. The summed E-state index contributed by atoms with van der Waals surface area (Å²) >= 11 is 1.54.